The monoisotopic (exact) mass is 475 g/mol. The zero-order chi connectivity index (χ0) is 24.9. The van der Waals surface area contributed by atoms with E-state index in [4.69, 9.17) is 4.42 Å². The molecule has 180 valence electrons. The van der Waals surface area contributed by atoms with Crippen LogP contribution < -0.4 is 15.5 Å². The third-order valence-corrected chi connectivity index (χ3v) is 5.57. The molecule has 0 bridgehead atoms. The second kappa shape index (κ2) is 10.3. The van der Waals surface area contributed by atoms with Crippen molar-refractivity contribution in [3.63, 3.8) is 0 Å². The number of benzene rings is 1. The number of fused-ring (bicyclic) bond motifs is 1. The Morgan fingerprint density at radius 3 is 2.54 bits per heavy atom. The number of urea groups is 1. The van der Waals surface area contributed by atoms with E-state index < -0.39 is 17.9 Å². The molecular formula is C26H27N4O5+. The fraction of sp³-hybridized carbons (Fsp3) is 0.269. The number of anilines is 1. The molecule has 1 aliphatic heterocycles. The molecule has 1 atom stereocenters. The van der Waals surface area contributed by atoms with Crippen molar-refractivity contribution in [3.05, 3.63) is 78.3 Å². The molecule has 0 radical (unpaired) electrons. The van der Waals surface area contributed by atoms with Crippen molar-refractivity contribution in [2.45, 2.75) is 32.9 Å². The lowest BCUT2D eigenvalue weighted by molar-refractivity contribution is -0.417. The number of furan rings is 1. The van der Waals surface area contributed by atoms with Crippen molar-refractivity contribution in [1.29, 1.82) is 0 Å². The summed E-state index contributed by atoms with van der Waals surface area (Å²) in [6.45, 7) is 3.72. The molecule has 1 aliphatic carbocycles. The molecule has 4 rings (SSSR count). The molecule has 35 heavy (non-hydrogen) atoms. The summed E-state index contributed by atoms with van der Waals surface area (Å²) in [6.07, 6.45) is 8.55. The Morgan fingerprint density at radius 1 is 1.09 bits per heavy atom. The summed E-state index contributed by atoms with van der Waals surface area (Å²) in [5.41, 5.74) is 1.58. The summed E-state index contributed by atoms with van der Waals surface area (Å²) in [7, 11) is 0. The third kappa shape index (κ3) is 5.46. The van der Waals surface area contributed by atoms with Crippen molar-refractivity contribution in [2.24, 2.45) is 5.92 Å². The average Bonchev–Trinajstić information content (AvgIpc) is 3.35. The Morgan fingerprint density at radius 2 is 1.86 bits per heavy atom. The van der Waals surface area contributed by atoms with Crippen LogP contribution in [0.15, 0.2) is 71.4 Å². The summed E-state index contributed by atoms with van der Waals surface area (Å²) in [5, 5.41) is 5.56. The largest absolute Gasteiger partial charge is 0.506 e. The number of nitrogens with one attached hydrogen (secondary N) is 2. The van der Waals surface area contributed by atoms with E-state index in [1.165, 1.54) is 10.8 Å². The molecule has 2 heterocycles. The van der Waals surface area contributed by atoms with E-state index >= 15 is 0 Å². The lowest BCUT2D eigenvalue weighted by Gasteiger charge is -2.26. The van der Waals surface area contributed by atoms with Crippen LogP contribution in [0.1, 0.15) is 25.2 Å². The first-order valence-electron chi connectivity index (χ1n) is 11.4. The van der Waals surface area contributed by atoms with Crippen molar-refractivity contribution >= 4 is 35.2 Å². The highest BCUT2D eigenvalue weighted by atomic mass is 16.3. The summed E-state index contributed by atoms with van der Waals surface area (Å²) in [5.74, 6) is -0.990. The van der Waals surface area contributed by atoms with Gasteiger partial charge in [0.25, 0.3) is 5.91 Å². The smallest absolute Gasteiger partial charge is 0.467 e. The Hall–Kier alpha value is -4.27. The normalized spacial score (nSPS) is 17.1. The minimum Gasteiger partial charge on any atom is -0.467 e. The predicted molar refractivity (Wildman–Crippen MR) is 129 cm³/mol. The first-order valence-corrected chi connectivity index (χ1v) is 11.4. The Labute approximate surface area is 202 Å². The van der Waals surface area contributed by atoms with Crippen molar-refractivity contribution in [3.8, 4) is 0 Å². The van der Waals surface area contributed by atoms with E-state index in [0.717, 1.165) is 10.5 Å². The number of imide groups is 1. The van der Waals surface area contributed by atoms with Gasteiger partial charge in [0.15, 0.2) is 6.54 Å². The van der Waals surface area contributed by atoms with Gasteiger partial charge in [-0.05, 0) is 49.8 Å². The molecule has 2 aliphatic rings. The van der Waals surface area contributed by atoms with Gasteiger partial charge in [0.1, 0.15) is 23.1 Å². The maximum absolute atomic E-state index is 13.4. The van der Waals surface area contributed by atoms with Crippen LogP contribution in [0.25, 0.3) is 0 Å². The number of carbonyl (C=O) groups excluding carboxylic acids is 4. The zero-order valence-corrected chi connectivity index (χ0v) is 19.6. The molecule has 0 saturated carbocycles. The lowest BCUT2D eigenvalue weighted by Crippen LogP contribution is -2.56. The number of hydrogen-bond acceptors (Lipinski definition) is 5. The highest BCUT2D eigenvalue weighted by molar-refractivity contribution is 6.26. The minimum absolute atomic E-state index is 0.0377. The molecule has 9 heteroatoms. The van der Waals surface area contributed by atoms with Crippen LogP contribution >= 0.6 is 0 Å². The number of allylic oxidation sites excluding steroid dienone is 3. The first kappa shape index (κ1) is 23.9. The summed E-state index contributed by atoms with van der Waals surface area (Å²) in [4.78, 5) is 52.5. The van der Waals surface area contributed by atoms with Crippen molar-refractivity contribution in [1.82, 2.24) is 10.6 Å². The van der Waals surface area contributed by atoms with Gasteiger partial charge >= 0.3 is 11.9 Å². The predicted octanol–water partition coefficient (Wildman–Crippen LogP) is 2.33. The van der Waals surface area contributed by atoms with Gasteiger partial charge in [0, 0.05) is 6.04 Å². The average molecular weight is 476 g/mol. The van der Waals surface area contributed by atoms with Crippen LogP contribution in [0.2, 0.25) is 0 Å². The maximum Gasteiger partial charge on any atom is 0.506 e. The number of carbonyl (C=O) groups is 4. The van der Waals surface area contributed by atoms with Crippen molar-refractivity contribution in [2.75, 3.05) is 11.4 Å². The van der Waals surface area contributed by atoms with Crippen LogP contribution in [0, 0.1) is 5.92 Å². The van der Waals surface area contributed by atoms with Crippen LogP contribution in [0.4, 0.5) is 10.5 Å². The molecule has 2 N–H and O–H groups in total. The number of nitrogens with zero attached hydrogens (tertiary/aromatic N) is 2. The second-order valence-electron chi connectivity index (χ2n) is 8.61. The minimum atomic E-state index is -0.688. The molecule has 0 spiro atoms. The van der Waals surface area contributed by atoms with Crippen LogP contribution in [0.5, 0.6) is 0 Å². The van der Waals surface area contributed by atoms with E-state index in [0.29, 0.717) is 17.2 Å². The Balaban J connectivity index is 1.54. The molecule has 1 aromatic heterocycles. The van der Waals surface area contributed by atoms with Gasteiger partial charge in [-0.2, -0.15) is 9.37 Å². The molecular weight excluding hydrogens is 448 g/mol. The lowest BCUT2D eigenvalue weighted by atomic mass is 9.94. The fourth-order valence-corrected chi connectivity index (χ4v) is 3.98. The number of rotatable bonds is 8. The number of amides is 5. The summed E-state index contributed by atoms with van der Waals surface area (Å²) >= 11 is 0. The van der Waals surface area contributed by atoms with Gasteiger partial charge in [-0.1, -0.05) is 30.4 Å². The molecule has 1 aromatic carbocycles. The SMILES string of the molecule is CC(C)NC(=O)Cc1ccc(N2C(=O)C3C=CC=CC3=[N+](CC(=O)NCc3ccco3)C2=O)cc1. The Bertz CT molecular complexity index is 1220. The highest BCUT2D eigenvalue weighted by Crippen LogP contribution is 2.26. The van der Waals surface area contributed by atoms with Gasteiger partial charge in [-0.3, -0.25) is 9.59 Å². The topological polar surface area (TPSA) is 112 Å². The highest BCUT2D eigenvalue weighted by Gasteiger charge is 2.48. The maximum atomic E-state index is 13.4. The van der Waals surface area contributed by atoms with Crippen LogP contribution in [-0.4, -0.2) is 46.6 Å². The van der Waals surface area contributed by atoms with Crippen molar-refractivity contribution < 1.29 is 28.2 Å². The van der Waals surface area contributed by atoms with Gasteiger partial charge in [0.05, 0.1) is 19.2 Å². The molecule has 1 unspecified atom stereocenters. The van der Waals surface area contributed by atoms with E-state index in [1.54, 1.807) is 60.7 Å². The van der Waals surface area contributed by atoms with E-state index in [9.17, 15) is 19.2 Å². The second-order valence-corrected chi connectivity index (χ2v) is 8.61. The molecule has 0 fully saturated rings. The standard InChI is InChI=1S/C26H26N4O5/c1-17(2)28-23(31)14-18-9-11-19(12-10-18)30-25(33)21-7-3-4-8-22(21)29(26(30)34)16-24(32)27-15-20-6-5-13-35-20/h3-13,17,21H,14-16H2,1-2H3,(H-,27,28,31,32)/p+1. The molecule has 2 aromatic rings. The quantitative estimate of drug-likeness (QED) is 0.569. The summed E-state index contributed by atoms with van der Waals surface area (Å²) in [6, 6.07) is 9.59. The Kier molecular flexibility index (Phi) is 7.05. The number of hydrogen-bond donors (Lipinski definition) is 2. The fourth-order valence-electron chi connectivity index (χ4n) is 3.98. The molecule has 5 amide bonds. The van der Waals surface area contributed by atoms with Crippen LogP contribution in [-0.2, 0) is 27.3 Å². The van der Waals surface area contributed by atoms with Gasteiger partial charge in [-0.25, -0.2) is 4.79 Å². The van der Waals surface area contributed by atoms with E-state index in [-0.39, 0.29) is 37.4 Å². The van der Waals surface area contributed by atoms with Gasteiger partial charge in [-0.15, -0.1) is 4.90 Å². The van der Waals surface area contributed by atoms with Gasteiger partial charge < -0.3 is 15.1 Å². The van der Waals surface area contributed by atoms with Crippen LogP contribution in [0.3, 0.4) is 0 Å². The zero-order valence-electron chi connectivity index (χ0n) is 19.6. The van der Waals surface area contributed by atoms with E-state index in [2.05, 4.69) is 10.6 Å². The first-order chi connectivity index (χ1) is 16.8. The molecule has 9 nitrogen and oxygen atoms in total. The molecule has 0 saturated heterocycles. The van der Waals surface area contributed by atoms with Gasteiger partial charge in [0.2, 0.25) is 5.91 Å². The third-order valence-electron chi connectivity index (χ3n) is 5.57. The van der Waals surface area contributed by atoms with E-state index in [1.807, 2.05) is 13.8 Å². The summed E-state index contributed by atoms with van der Waals surface area (Å²) < 4.78 is 6.54.